The molecule has 0 unspecified atom stereocenters. The quantitative estimate of drug-likeness (QED) is 0.799. The van der Waals surface area contributed by atoms with Gasteiger partial charge in [-0.25, -0.2) is 0 Å². The monoisotopic (exact) mass is 304 g/mol. The molecule has 1 amide bonds. The van der Waals surface area contributed by atoms with Gasteiger partial charge in [0.25, 0.3) is 5.91 Å². The van der Waals surface area contributed by atoms with Crippen LogP contribution >= 0.6 is 0 Å². The van der Waals surface area contributed by atoms with E-state index >= 15 is 0 Å². The SMILES string of the molecule is Cc1ccc(C#CCN)cc1C(=O)NC1CCS(=O)CC1. The smallest absolute Gasteiger partial charge is 0.251 e. The number of benzene rings is 1. The van der Waals surface area contributed by atoms with Crippen molar-refractivity contribution in [2.45, 2.75) is 25.8 Å². The first-order chi connectivity index (χ1) is 10.1. The first kappa shape index (κ1) is 15.7. The third-order valence-corrected chi connectivity index (χ3v) is 4.92. The fourth-order valence-corrected chi connectivity index (χ4v) is 3.60. The Bertz CT molecular complexity index is 606. The lowest BCUT2D eigenvalue weighted by Gasteiger charge is -2.23. The number of carbonyl (C=O) groups excluding carboxylic acids is 1. The molecule has 5 heteroatoms. The van der Waals surface area contributed by atoms with Gasteiger partial charge in [-0.3, -0.25) is 9.00 Å². The van der Waals surface area contributed by atoms with Crippen molar-refractivity contribution >= 4 is 16.7 Å². The molecule has 1 fully saturated rings. The van der Waals surface area contributed by atoms with Crippen LogP contribution in [0.3, 0.4) is 0 Å². The Morgan fingerprint density at radius 2 is 2.14 bits per heavy atom. The molecule has 0 bridgehead atoms. The van der Waals surface area contributed by atoms with Gasteiger partial charge >= 0.3 is 0 Å². The zero-order chi connectivity index (χ0) is 15.2. The van der Waals surface area contributed by atoms with E-state index in [0.717, 1.165) is 24.0 Å². The zero-order valence-electron chi connectivity index (χ0n) is 12.1. The van der Waals surface area contributed by atoms with Crippen LogP contribution in [-0.4, -0.2) is 34.2 Å². The van der Waals surface area contributed by atoms with Crippen LogP contribution in [0, 0.1) is 18.8 Å². The van der Waals surface area contributed by atoms with Gasteiger partial charge in [0.1, 0.15) is 0 Å². The van der Waals surface area contributed by atoms with E-state index in [-0.39, 0.29) is 11.9 Å². The van der Waals surface area contributed by atoms with Crippen LogP contribution in [0.2, 0.25) is 0 Å². The van der Waals surface area contributed by atoms with Gasteiger partial charge in [0.15, 0.2) is 0 Å². The van der Waals surface area contributed by atoms with Crippen LogP contribution < -0.4 is 11.1 Å². The molecule has 1 heterocycles. The number of nitrogens with one attached hydrogen (secondary N) is 1. The Labute approximate surface area is 127 Å². The van der Waals surface area contributed by atoms with Gasteiger partial charge in [-0.05, 0) is 37.5 Å². The lowest BCUT2D eigenvalue weighted by Crippen LogP contribution is -2.39. The molecule has 0 aromatic heterocycles. The molecule has 21 heavy (non-hydrogen) atoms. The summed E-state index contributed by atoms with van der Waals surface area (Å²) in [6.45, 7) is 2.21. The van der Waals surface area contributed by atoms with Crippen LogP contribution in [0.1, 0.15) is 34.3 Å². The lowest BCUT2D eigenvalue weighted by atomic mass is 10.0. The van der Waals surface area contributed by atoms with Crippen molar-refractivity contribution in [3.05, 3.63) is 34.9 Å². The molecule has 4 nitrogen and oxygen atoms in total. The second-order valence-electron chi connectivity index (χ2n) is 5.13. The average Bonchev–Trinajstić information content (AvgIpc) is 2.48. The summed E-state index contributed by atoms with van der Waals surface area (Å²) in [5.41, 5.74) is 7.72. The molecule has 1 saturated heterocycles. The summed E-state index contributed by atoms with van der Waals surface area (Å²) in [7, 11) is -0.713. The molecule has 1 aromatic rings. The molecular formula is C16H20N2O2S. The highest BCUT2D eigenvalue weighted by atomic mass is 32.2. The largest absolute Gasteiger partial charge is 0.349 e. The first-order valence-corrected chi connectivity index (χ1v) is 8.54. The van der Waals surface area contributed by atoms with Crippen LogP contribution in [0.25, 0.3) is 0 Å². The summed E-state index contributed by atoms with van der Waals surface area (Å²) in [6.07, 6.45) is 1.56. The van der Waals surface area contributed by atoms with E-state index in [1.807, 2.05) is 19.1 Å². The predicted octanol–water partition coefficient (Wildman–Crippen LogP) is 0.946. The van der Waals surface area contributed by atoms with Gasteiger partial charge < -0.3 is 11.1 Å². The molecule has 1 aliphatic heterocycles. The highest BCUT2D eigenvalue weighted by molar-refractivity contribution is 7.85. The van der Waals surface area contributed by atoms with Crippen molar-refractivity contribution in [3.63, 3.8) is 0 Å². The topological polar surface area (TPSA) is 72.2 Å². The average molecular weight is 304 g/mol. The van der Waals surface area contributed by atoms with E-state index in [1.165, 1.54) is 0 Å². The van der Waals surface area contributed by atoms with Gasteiger partial charge in [0, 0.05) is 39.5 Å². The summed E-state index contributed by atoms with van der Waals surface area (Å²) in [6, 6.07) is 5.70. The van der Waals surface area contributed by atoms with Crippen LogP contribution in [0.4, 0.5) is 0 Å². The lowest BCUT2D eigenvalue weighted by molar-refractivity contribution is 0.0934. The predicted molar refractivity (Wildman–Crippen MR) is 85.5 cm³/mol. The maximum absolute atomic E-state index is 12.4. The molecule has 0 radical (unpaired) electrons. The Hall–Kier alpha value is -1.64. The Kier molecular flexibility index (Phi) is 5.54. The molecule has 0 spiro atoms. The maximum atomic E-state index is 12.4. The fourth-order valence-electron chi connectivity index (χ4n) is 2.30. The van der Waals surface area contributed by atoms with Gasteiger partial charge in [0.2, 0.25) is 0 Å². The van der Waals surface area contributed by atoms with Crippen molar-refractivity contribution in [3.8, 4) is 11.8 Å². The van der Waals surface area contributed by atoms with E-state index in [2.05, 4.69) is 17.2 Å². The number of aryl methyl sites for hydroxylation is 1. The highest BCUT2D eigenvalue weighted by Gasteiger charge is 2.20. The number of nitrogens with two attached hydrogens (primary N) is 1. The number of hydrogen-bond donors (Lipinski definition) is 2. The van der Waals surface area contributed by atoms with E-state index in [1.54, 1.807) is 6.07 Å². The Balaban J connectivity index is 2.09. The molecule has 1 aromatic carbocycles. The summed E-state index contributed by atoms with van der Waals surface area (Å²) in [5, 5.41) is 3.03. The van der Waals surface area contributed by atoms with E-state index < -0.39 is 10.8 Å². The van der Waals surface area contributed by atoms with Crippen molar-refractivity contribution in [2.75, 3.05) is 18.1 Å². The van der Waals surface area contributed by atoms with Gasteiger partial charge in [0.05, 0.1) is 6.54 Å². The van der Waals surface area contributed by atoms with Gasteiger partial charge in [-0.1, -0.05) is 17.9 Å². The normalized spacial score (nSPS) is 21.2. The van der Waals surface area contributed by atoms with Crippen LogP contribution in [0.5, 0.6) is 0 Å². The molecule has 1 aliphatic rings. The second kappa shape index (κ2) is 7.39. The molecule has 112 valence electrons. The molecule has 3 N–H and O–H groups in total. The van der Waals surface area contributed by atoms with Crippen molar-refractivity contribution in [2.24, 2.45) is 5.73 Å². The van der Waals surface area contributed by atoms with E-state index in [0.29, 0.717) is 23.6 Å². The van der Waals surface area contributed by atoms with Crippen molar-refractivity contribution < 1.29 is 9.00 Å². The van der Waals surface area contributed by atoms with Crippen LogP contribution in [0.15, 0.2) is 18.2 Å². The summed E-state index contributed by atoms with van der Waals surface area (Å²) in [4.78, 5) is 12.4. The summed E-state index contributed by atoms with van der Waals surface area (Å²) < 4.78 is 11.3. The minimum Gasteiger partial charge on any atom is -0.349 e. The minimum atomic E-state index is -0.713. The molecule has 2 rings (SSSR count). The number of amides is 1. The molecule has 0 aliphatic carbocycles. The van der Waals surface area contributed by atoms with Crippen molar-refractivity contribution in [1.82, 2.24) is 5.32 Å². The minimum absolute atomic E-state index is 0.0819. The summed E-state index contributed by atoms with van der Waals surface area (Å²) in [5.74, 6) is 6.99. The Morgan fingerprint density at radius 3 is 2.81 bits per heavy atom. The number of carbonyl (C=O) groups is 1. The third kappa shape index (κ3) is 4.42. The molecule has 0 atom stereocenters. The molecule has 0 saturated carbocycles. The van der Waals surface area contributed by atoms with E-state index in [9.17, 15) is 9.00 Å². The van der Waals surface area contributed by atoms with Gasteiger partial charge in [-0.2, -0.15) is 0 Å². The molecular weight excluding hydrogens is 284 g/mol. The fraction of sp³-hybridized carbons (Fsp3) is 0.438. The first-order valence-electron chi connectivity index (χ1n) is 7.05. The maximum Gasteiger partial charge on any atom is 0.251 e. The van der Waals surface area contributed by atoms with Crippen molar-refractivity contribution in [1.29, 1.82) is 0 Å². The number of rotatable bonds is 2. The zero-order valence-corrected chi connectivity index (χ0v) is 13.0. The van der Waals surface area contributed by atoms with Crippen LogP contribution in [-0.2, 0) is 10.8 Å². The number of hydrogen-bond acceptors (Lipinski definition) is 3. The third-order valence-electron chi connectivity index (χ3n) is 3.54. The second-order valence-corrected chi connectivity index (χ2v) is 6.83. The Morgan fingerprint density at radius 1 is 1.43 bits per heavy atom. The highest BCUT2D eigenvalue weighted by Crippen LogP contribution is 2.14. The van der Waals surface area contributed by atoms with E-state index in [4.69, 9.17) is 5.73 Å². The standard InChI is InChI=1S/C16H20N2O2S/c1-12-4-5-13(3-2-8-17)11-15(12)16(19)18-14-6-9-21(20)10-7-14/h4-5,11,14H,6-10,17H2,1H3,(H,18,19). The summed E-state index contributed by atoms with van der Waals surface area (Å²) >= 11 is 0. The van der Waals surface area contributed by atoms with Gasteiger partial charge in [-0.15, -0.1) is 0 Å².